The number of hydrogen-bond acceptors (Lipinski definition) is 5. The number of hydrazine groups is 1. The summed E-state index contributed by atoms with van der Waals surface area (Å²) in [5, 5.41) is 2.71. The highest BCUT2D eigenvalue weighted by Crippen LogP contribution is 2.13. The van der Waals surface area contributed by atoms with E-state index in [1.165, 1.54) is 0 Å². The fourth-order valence-electron chi connectivity index (χ4n) is 2.20. The number of hydrogen-bond donors (Lipinski definition) is 3. The molecule has 0 bridgehead atoms. The van der Waals surface area contributed by atoms with Crippen LogP contribution in [0.15, 0.2) is 53.0 Å². The quantitative estimate of drug-likeness (QED) is 0.432. The lowest BCUT2D eigenvalue weighted by atomic mass is 10.2. The smallest absolute Gasteiger partial charge is 0.306 e. The molecule has 3 N–H and O–H groups in total. The number of carbonyl (C=O) groups is 4. The summed E-state index contributed by atoms with van der Waals surface area (Å²) in [5.41, 5.74) is 6.30. The van der Waals surface area contributed by atoms with Gasteiger partial charge in [0.1, 0.15) is 0 Å². The van der Waals surface area contributed by atoms with Gasteiger partial charge in [-0.05, 0) is 42.8 Å². The minimum Gasteiger partial charge on any atom is -0.455 e. The molecule has 3 amide bonds. The number of rotatable bonds is 7. The van der Waals surface area contributed by atoms with Crippen molar-refractivity contribution in [2.75, 3.05) is 11.9 Å². The Labute approximate surface area is 176 Å². The van der Waals surface area contributed by atoms with Gasteiger partial charge >= 0.3 is 5.97 Å². The average Bonchev–Trinajstić information content (AvgIpc) is 2.71. The first-order valence-corrected chi connectivity index (χ1v) is 9.50. The van der Waals surface area contributed by atoms with Crippen molar-refractivity contribution in [3.63, 3.8) is 0 Å². The van der Waals surface area contributed by atoms with Crippen molar-refractivity contribution in [1.29, 1.82) is 0 Å². The molecule has 2 aromatic carbocycles. The third kappa shape index (κ3) is 7.74. The van der Waals surface area contributed by atoms with Gasteiger partial charge in [-0.3, -0.25) is 30.0 Å². The van der Waals surface area contributed by atoms with Gasteiger partial charge in [0, 0.05) is 22.1 Å². The zero-order valence-corrected chi connectivity index (χ0v) is 17.2. The van der Waals surface area contributed by atoms with Gasteiger partial charge < -0.3 is 10.1 Å². The SMILES string of the molecule is Cc1ccccc1NC(=O)CCC(=O)OCC(=O)NNC(=O)c1ccc(Br)cc1. The number of halogens is 1. The van der Waals surface area contributed by atoms with E-state index in [1.54, 1.807) is 36.4 Å². The molecule has 0 fully saturated rings. The first-order valence-electron chi connectivity index (χ1n) is 8.71. The molecule has 152 valence electrons. The molecule has 29 heavy (non-hydrogen) atoms. The first-order chi connectivity index (χ1) is 13.8. The number of ether oxygens (including phenoxy) is 1. The summed E-state index contributed by atoms with van der Waals surface area (Å²) in [6.07, 6.45) is -0.245. The van der Waals surface area contributed by atoms with Gasteiger partial charge in [-0.15, -0.1) is 0 Å². The van der Waals surface area contributed by atoms with Crippen LogP contribution in [0.3, 0.4) is 0 Å². The van der Waals surface area contributed by atoms with E-state index in [2.05, 4.69) is 32.1 Å². The van der Waals surface area contributed by atoms with Crippen molar-refractivity contribution in [3.8, 4) is 0 Å². The van der Waals surface area contributed by atoms with Gasteiger partial charge in [0.25, 0.3) is 11.8 Å². The van der Waals surface area contributed by atoms with E-state index in [9.17, 15) is 19.2 Å². The van der Waals surface area contributed by atoms with E-state index in [4.69, 9.17) is 4.74 Å². The fraction of sp³-hybridized carbons (Fsp3) is 0.200. The molecule has 2 rings (SSSR count). The van der Waals surface area contributed by atoms with Gasteiger partial charge in [-0.2, -0.15) is 0 Å². The molecule has 0 radical (unpaired) electrons. The number of benzene rings is 2. The van der Waals surface area contributed by atoms with E-state index in [1.807, 2.05) is 19.1 Å². The second-order valence-corrected chi connectivity index (χ2v) is 6.95. The molecule has 9 heteroatoms. The zero-order chi connectivity index (χ0) is 21.2. The van der Waals surface area contributed by atoms with Gasteiger partial charge in [0.05, 0.1) is 6.42 Å². The zero-order valence-electron chi connectivity index (χ0n) is 15.7. The summed E-state index contributed by atoms with van der Waals surface area (Å²) in [6, 6.07) is 13.8. The lowest BCUT2D eigenvalue weighted by Crippen LogP contribution is -2.43. The maximum Gasteiger partial charge on any atom is 0.306 e. The van der Waals surface area contributed by atoms with Crippen LogP contribution in [0.1, 0.15) is 28.8 Å². The molecule has 0 heterocycles. The Morgan fingerprint density at radius 3 is 2.28 bits per heavy atom. The standard InChI is InChI=1S/C20H20BrN3O5/c1-13-4-2-3-5-16(13)22-17(25)10-11-19(27)29-12-18(26)23-24-20(28)14-6-8-15(21)9-7-14/h2-9H,10-12H2,1H3,(H,22,25)(H,23,26)(H,24,28). The molecule has 0 atom stereocenters. The van der Waals surface area contributed by atoms with Crippen LogP contribution in [-0.4, -0.2) is 30.3 Å². The topological polar surface area (TPSA) is 114 Å². The van der Waals surface area contributed by atoms with E-state index in [-0.39, 0.29) is 18.7 Å². The summed E-state index contributed by atoms with van der Waals surface area (Å²) >= 11 is 3.26. The van der Waals surface area contributed by atoms with Crippen molar-refractivity contribution in [2.24, 2.45) is 0 Å². The molecule has 0 aliphatic heterocycles. The highest BCUT2D eigenvalue weighted by atomic mass is 79.9. The van der Waals surface area contributed by atoms with Crippen molar-refractivity contribution in [3.05, 3.63) is 64.1 Å². The van der Waals surface area contributed by atoms with Crippen LogP contribution in [0.4, 0.5) is 5.69 Å². The van der Waals surface area contributed by atoms with Crippen LogP contribution in [0.2, 0.25) is 0 Å². The Morgan fingerprint density at radius 1 is 0.897 bits per heavy atom. The Balaban J connectivity index is 1.64. The molecule has 0 unspecified atom stereocenters. The van der Waals surface area contributed by atoms with Crippen LogP contribution < -0.4 is 16.2 Å². The first kappa shape index (κ1) is 22.1. The van der Waals surface area contributed by atoms with Crippen molar-refractivity contribution >= 4 is 45.3 Å². The van der Waals surface area contributed by atoms with E-state index in [0.717, 1.165) is 10.0 Å². The summed E-state index contributed by atoms with van der Waals surface area (Å²) in [7, 11) is 0. The summed E-state index contributed by atoms with van der Waals surface area (Å²) in [6.45, 7) is 1.29. The van der Waals surface area contributed by atoms with Crippen molar-refractivity contribution in [2.45, 2.75) is 19.8 Å². The molecule has 0 spiro atoms. The molecule has 2 aromatic rings. The van der Waals surface area contributed by atoms with Gasteiger partial charge in [-0.1, -0.05) is 34.1 Å². The van der Waals surface area contributed by atoms with Crippen LogP contribution in [0, 0.1) is 6.92 Å². The summed E-state index contributed by atoms with van der Waals surface area (Å²) in [5.74, 6) is -2.24. The number of nitrogens with one attached hydrogen (secondary N) is 3. The Kier molecular flexibility index (Phi) is 8.35. The third-order valence-electron chi connectivity index (χ3n) is 3.76. The number of carbonyl (C=O) groups excluding carboxylic acids is 4. The van der Waals surface area contributed by atoms with Crippen LogP contribution >= 0.6 is 15.9 Å². The Hall–Kier alpha value is -3.20. The molecule has 0 aromatic heterocycles. The van der Waals surface area contributed by atoms with Crippen molar-refractivity contribution < 1.29 is 23.9 Å². The minimum atomic E-state index is -0.701. The molecular weight excluding hydrogens is 442 g/mol. The average molecular weight is 462 g/mol. The van der Waals surface area contributed by atoms with Crippen LogP contribution in [0.5, 0.6) is 0 Å². The van der Waals surface area contributed by atoms with Gasteiger partial charge in [0.15, 0.2) is 6.61 Å². The Bertz CT molecular complexity index is 899. The third-order valence-corrected chi connectivity index (χ3v) is 4.29. The predicted molar refractivity (Wildman–Crippen MR) is 110 cm³/mol. The molecular formula is C20H20BrN3O5. The van der Waals surface area contributed by atoms with E-state index >= 15 is 0 Å². The Morgan fingerprint density at radius 2 is 1.59 bits per heavy atom. The highest BCUT2D eigenvalue weighted by molar-refractivity contribution is 9.10. The number of para-hydroxylation sites is 1. The summed E-state index contributed by atoms with van der Waals surface area (Å²) in [4.78, 5) is 47.1. The van der Waals surface area contributed by atoms with Crippen LogP contribution in [0.25, 0.3) is 0 Å². The number of aryl methyl sites for hydroxylation is 1. The summed E-state index contributed by atoms with van der Waals surface area (Å²) < 4.78 is 5.61. The monoisotopic (exact) mass is 461 g/mol. The largest absolute Gasteiger partial charge is 0.455 e. The number of anilines is 1. The maximum absolute atomic E-state index is 11.9. The molecule has 0 aliphatic carbocycles. The van der Waals surface area contributed by atoms with Gasteiger partial charge in [-0.25, -0.2) is 0 Å². The number of esters is 1. The van der Waals surface area contributed by atoms with Crippen LogP contribution in [-0.2, 0) is 19.1 Å². The predicted octanol–water partition coefficient (Wildman–Crippen LogP) is 2.48. The lowest BCUT2D eigenvalue weighted by molar-refractivity contribution is -0.149. The van der Waals surface area contributed by atoms with E-state index in [0.29, 0.717) is 11.3 Å². The molecule has 8 nitrogen and oxygen atoms in total. The normalized spacial score (nSPS) is 10.0. The minimum absolute atomic E-state index is 0.0743. The molecule has 0 aliphatic rings. The second-order valence-electron chi connectivity index (χ2n) is 6.03. The fourth-order valence-corrected chi connectivity index (χ4v) is 2.46. The highest BCUT2D eigenvalue weighted by Gasteiger charge is 2.12. The lowest BCUT2D eigenvalue weighted by Gasteiger charge is -2.09. The maximum atomic E-state index is 11.9. The number of amides is 3. The van der Waals surface area contributed by atoms with E-state index < -0.39 is 24.4 Å². The second kappa shape index (κ2) is 11.0. The van der Waals surface area contributed by atoms with Gasteiger partial charge in [0.2, 0.25) is 5.91 Å². The van der Waals surface area contributed by atoms with Crippen molar-refractivity contribution in [1.82, 2.24) is 10.9 Å². The molecule has 0 saturated carbocycles. The molecule has 0 saturated heterocycles.